The van der Waals surface area contributed by atoms with Crippen molar-refractivity contribution >= 4 is 27.9 Å². The van der Waals surface area contributed by atoms with E-state index in [0.717, 1.165) is 30.4 Å². The summed E-state index contributed by atoms with van der Waals surface area (Å²) in [6, 6.07) is 0. The van der Waals surface area contributed by atoms with Gasteiger partial charge in [0.15, 0.2) is 0 Å². The van der Waals surface area contributed by atoms with Crippen LogP contribution in [0.5, 0.6) is 0 Å². The smallest absolute Gasteiger partial charge is 0.331 e. The lowest BCUT2D eigenvalue weighted by Crippen LogP contribution is -2.48. The van der Waals surface area contributed by atoms with Gasteiger partial charge in [-0.1, -0.05) is 175 Å². The second kappa shape index (κ2) is 33.9. The summed E-state index contributed by atoms with van der Waals surface area (Å²) in [5.41, 5.74) is 1.08. The molecule has 1 unspecified atom stereocenters. The van der Waals surface area contributed by atoms with Gasteiger partial charge in [0.2, 0.25) is 0 Å². The van der Waals surface area contributed by atoms with Crippen LogP contribution < -0.4 is 0 Å². The van der Waals surface area contributed by atoms with Crippen molar-refractivity contribution in [3.05, 3.63) is 82.1 Å². The molecule has 0 amide bonds. The molecule has 0 radical (unpaired) electrons. The average Bonchev–Trinajstić information content (AvgIpc) is 3.61. The summed E-state index contributed by atoms with van der Waals surface area (Å²) in [7, 11) is 1.51. The number of esters is 2. The summed E-state index contributed by atoms with van der Waals surface area (Å²) < 4.78 is 23.8. The highest BCUT2D eigenvalue weighted by molar-refractivity contribution is 9.11. The Hall–Kier alpha value is -2.88. The molecule has 0 aromatic carbocycles. The van der Waals surface area contributed by atoms with E-state index in [0.29, 0.717) is 54.6 Å². The highest BCUT2D eigenvalue weighted by Gasteiger charge is 2.51. The van der Waals surface area contributed by atoms with Crippen LogP contribution in [0, 0.1) is 11.3 Å². The fourth-order valence-corrected chi connectivity index (χ4v) is 10.2. The molecular formula is C59H97BrO12. The maximum atomic E-state index is 13.1. The Kier molecular flexibility index (Phi) is 30.7. The van der Waals surface area contributed by atoms with E-state index >= 15 is 0 Å². The first-order valence-electron chi connectivity index (χ1n) is 27.0. The number of allylic oxidation sites excluding steroid dienone is 4. The standard InChI is InChI=1S/C59H97BrO12/c1-12-13-14-15-16-17-18-19-20-21-22-23-24-28-56(67)70-47(35-44(6)51(39-60)69-11)36-49(62)45(7)50(63)38-53(65)58(8,9)52(64)32-43(5)33-54(66)59(10)55-37-48(72-59)31-42(4)29-41(3)30-46(61)27-25-26-40(2)34-57(68)71-55/h25-26,29,33-34,39,45-50,52-55,61-66H,3,6,12-24,27-28,30-32,35-38H2,1-2,4-5,7-11H3/b26-25+,40-34+,42-29+,43-33+,51-39+/t45-,46-,47+,48+,49+,50-,52-,53+,54?,55-,59-/m1/s1. The molecular weight excluding hydrogens is 981 g/mol. The van der Waals surface area contributed by atoms with Gasteiger partial charge in [-0.3, -0.25) is 4.79 Å². The summed E-state index contributed by atoms with van der Waals surface area (Å²) in [4.78, 5) is 27.9. The van der Waals surface area contributed by atoms with Gasteiger partial charge in [0.1, 0.15) is 29.7 Å². The van der Waals surface area contributed by atoms with Crippen molar-refractivity contribution < 1.29 is 59.2 Å². The van der Waals surface area contributed by atoms with Crippen LogP contribution in [0.2, 0.25) is 0 Å². The lowest BCUT2D eigenvalue weighted by molar-refractivity contribution is -0.163. The fourth-order valence-electron chi connectivity index (χ4n) is 9.66. The van der Waals surface area contributed by atoms with Gasteiger partial charge in [0.05, 0.1) is 43.7 Å². The van der Waals surface area contributed by atoms with E-state index in [1.54, 1.807) is 64.8 Å². The zero-order chi connectivity index (χ0) is 54.0. The molecule has 0 aliphatic carbocycles. The fraction of sp³-hybridized carbons (Fsp3) is 0.729. The van der Waals surface area contributed by atoms with Gasteiger partial charge in [0, 0.05) is 54.5 Å². The van der Waals surface area contributed by atoms with Crippen molar-refractivity contribution in [3.8, 4) is 0 Å². The van der Waals surface area contributed by atoms with Crippen LogP contribution in [-0.4, -0.2) is 110 Å². The van der Waals surface area contributed by atoms with Gasteiger partial charge < -0.3 is 49.6 Å². The Morgan fingerprint density at radius 2 is 1.50 bits per heavy atom. The third-order valence-electron chi connectivity index (χ3n) is 14.8. The summed E-state index contributed by atoms with van der Waals surface area (Å²) in [6.07, 6.45) is 17.6. The number of hydrogen-bond acceptors (Lipinski definition) is 12. The van der Waals surface area contributed by atoms with Gasteiger partial charge in [-0.25, -0.2) is 4.79 Å². The summed E-state index contributed by atoms with van der Waals surface area (Å²) in [5, 5.41) is 68.3. The Bertz CT molecular complexity index is 1820. The molecule has 2 heterocycles. The lowest BCUT2D eigenvalue weighted by atomic mass is 9.75. The second-order valence-corrected chi connectivity index (χ2v) is 22.4. The predicted molar refractivity (Wildman–Crippen MR) is 292 cm³/mol. The molecule has 72 heavy (non-hydrogen) atoms. The molecule has 2 aliphatic rings. The molecule has 2 aliphatic heterocycles. The normalized spacial score (nSPS) is 25.7. The quantitative estimate of drug-likeness (QED) is 0.0127. The van der Waals surface area contributed by atoms with Crippen molar-refractivity contribution in [3.63, 3.8) is 0 Å². The van der Waals surface area contributed by atoms with Crippen molar-refractivity contribution in [1.29, 1.82) is 0 Å². The third kappa shape index (κ3) is 23.8. The summed E-state index contributed by atoms with van der Waals surface area (Å²) in [5.74, 6) is -1.21. The molecule has 2 bridgehead atoms. The van der Waals surface area contributed by atoms with Gasteiger partial charge >= 0.3 is 11.9 Å². The summed E-state index contributed by atoms with van der Waals surface area (Å²) in [6.45, 7) is 22.7. The number of ether oxygens (including phenoxy) is 4. The molecule has 12 nitrogen and oxygen atoms in total. The van der Waals surface area contributed by atoms with E-state index in [-0.39, 0.29) is 38.1 Å². The largest absolute Gasteiger partial charge is 0.496 e. The number of methoxy groups -OCH3 is 1. The van der Waals surface area contributed by atoms with E-state index in [9.17, 15) is 40.2 Å². The predicted octanol–water partition coefficient (Wildman–Crippen LogP) is 11.8. The number of unbranched alkanes of at least 4 members (excludes halogenated alkanes) is 12. The first kappa shape index (κ1) is 65.2. The van der Waals surface area contributed by atoms with Crippen LogP contribution in [-0.2, 0) is 28.5 Å². The minimum atomic E-state index is -1.34. The molecule has 0 spiro atoms. The van der Waals surface area contributed by atoms with Crippen LogP contribution in [0.15, 0.2) is 82.1 Å². The molecule has 0 aromatic rings. The van der Waals surface area contributed by atoms with Crippen LogP contribution in [0.25, 0.3) is 0 Å². The molecule has 11 atom stereocenters. The van der Waals surface area contributed by atoms with E-state index in [4.69, 9.17) is 18.9 Å². The maximum absolute atomic E-state index is 13.1. The average molecular weight is 1080 g/mol. The van der Waals surface area contributed by atoms with Gasteiger partial charge in [-0.2, -0.15) is 0 Å². The first-order chi connectivity index (χ1) is 34.0. The molecule has 2 rings (SSSR count). The number of carbonyl (C=O) groups excluding carboxylic acids is 2. The zero-order valence-corrected chi connectivity index (χ0v) is 47.3. The molecule has 13 heteroatoms. The van der Waals surface area contributed by atoms with Crippen LogP contribution in [0.3, 0.4) is 0 Å². The monoisotopic (exact) mass is 1080 g/mol. The molecule has 0 aromatic heterocycles. The number of halogens is 1. The van der Waals surface area contributed by atoms with Crippen molar-refractivity contribution in [2.45, 2.75) is 257 Å². The number of fused-ring (bicyclic) bond motifs is 2. The van der Waals surface area contributed by atoms with Crippen LogP contribution in [0.1, 0.15) is 197 Å². The lowest BCUT2D eigenvalue weighted by Gasteiger charge is -2.38. The Morgan fingerprint density at radius 3 is 2.08 bits per heavy atom. The van der Waals surface area contributed by atoms with E-state index in [2.05, 4.69) is 36.0 Å². The van der Waals surface area contributed by atoms with E-state index in [1.807, 2.05) is 13.0 Å². The molecule has 412 valence electrons. The van der Waals surface area contributed by atoms with Crippen LogP contribution >= 0.6 is 15.9 Å². The Balaban J connectivity index is 2.06. The number of carbonyl (C=O) groups is 2. The Labute approximate surface area is 442 Å². The SMILES string of the molecule is C=C1/C=C(\C)C[C@H]2C[C@@H](OC(=O)/C=C(C)/C=C/C[C@@H](O)C1)[C@@](C)(C(O)/C=C(\C)C[C@@H](O)C(C)(C)[C@@H](O)C[C@@H](O)[C@H](C)[C@@H](O)C[C@H](CC(=C)/C(=C\Br)OC)OC(=O)CCCCCCCCCCCCCCC)O2. The number of hydrogen-bond donors (Lipinski definition) is 6. The highest BCUT2D eigenvalue weighted by Crippen LogP contribution is 2.40. The van der Waals surface area contributed by atoms with Gasteiger partial charge in [-0.15, -0.1) is 0 Å². The second-order valence-electron chi connectivity index (χ2n) is 21.9. The molecule has 1 fully saturated rings. The minimum Gasteiger partial charge on any atom is -0.496 e. The third-order valence-corrected chi connectivity index (χ3v) is 15.2. The maximum Gasteiger partial charge on any atom is 0.331 e. The van der Waals surface area contributed by atoms with Crippen molar-refractivity contribution in [2.24, 2.45) is 11.3 Å². The minimum absolute atomic E-state index is 0.0174. The Morgan fingerprint density at radius 1 is 0.917 bits per heavy atom. The van der Waals surface area contributed by atoms with E-state index in [1.165, 1.54) is 71.0 Å². The number of aliphatic hydroxyl groups is 6. The molecule has 1 saturated heterocycles. The first-order valence-corrected chi connectivity index (χ1v) is 27.9. The van der Waals surface area contributed by atoms with Gasteiger partial charge in [-0.05, 0) is 70.9 Å². The van der Waals surface area contributed by atoms with Crippen LogP contribution in [0.4, 0.5) is 0 Å². The molecule has 0 saturated carbocycles. The summed E-state index contributed by atoms with van der Waals surface area (Å²) >= 11 is 3.29. The van der Waals surface area contributed by atoms with Crippen molar-refractivity contribution in [2.75, 3.05) is 7.11 Å². The van der Waals surface area contributed by atoms with Gasteiger partial charge in [0.25, 0.3) is 0 Å². The number of aliphatic hydroxyl groups excluding tert-OH is 6. The zero-order valence-electron chi connectivity index (χ0n) is 45.7. The van der Waals surface area contributed by atoms with Crippen molar-refractivity contribution in [1.82, 2.24) is 0 Å². The highest BCUT2D eigenvalue weighted by atomic mass is 79.9. The van der Waals surface area contributed by atoms with E-state index < -0.39 is 77.8 Å². The number of rotatable bonds is 31. The molecule has 6 N–H and O–H groups in total. The topological polar surface area (TPSA) is 192 Å².